The maximum atomic E-state index is 3.94. The van der Waals surface area contributed by atoms with Crippen molar-refractivity contribution in [2.45, 2.75) is 56.5 Å². The molecule has 6 rings (SSSR count). The quantitative estimate of drug-likeness (QED) is 0.785. The highest BCUT2D eigenvalue weighted by Gasteiger charge is 2.47. The summed E-state index contributed by atoms with van der Waals surface area (Å²) >= 11 is 0. The predicted octanol–water partition coefficient (Wildman–Crippen LogP) is 3.55. The van der Waals surface area contributed by atoms with Gasteiger partial charge in [0.2, 0.25) is 0 Å². The van der Waals surface area contributed by atoms with E-state index in [1.54, 1.807) is 6.42 Å². The van der Waals surface area contributed by atoms with Crippen molar-refractivity contribution in [2.24, 2.45) is 23.7 Å². The molecule has 1 aromatic carbocycles. The molecular formula is C21H30N2. The Kier molecular flexibility index (Phi) is 3.71. The summed E-state index contributed by atoms with van der Waals surface area (Å²) in [7, 11) is 0. The number of benzene rings is 1. The highest BCUT2D eigenvalue weighted by atomic mass is 15.0. The monoisotopic (exact) mass is 310 g/mol. The molecule has 0 heterocycles. The van der Waals surface area contributed by atoms with E-state index in [9.17, 15) is 0 Å². The van der Waals surface area contributed by atoms with Crippen molar-refractivity contribution in [2.75, 3.05) is 13.1 Å². The Bertz CT molecular complexity index is 512. The second-order valence-corrected chi connectivity index (χ2v) is 8.72. The van der Waals surface area contributed by atoms with Crippen LogP contribution in [0.3, 0.4) is 0 Å². The first-order valence-corrected chi connectivity index (χ1v) is 9.88. The zero-order valence-corrected chi connectivity index (χ0v) is 14.1. The Morgan fingerprint density at radius 1 is 0.739 bits per heavy atom. The van der Waals surface area contributed by atoms with E-state index in [-0.39, 0.29) is 0 Å². The third kappa shape index (κ3) is 2.85. The topological polar surface area (TPSA) is 24.1 Å². The highest BCUT2D eigenvalue weighted by molar-refractivity contribution is 5.27. The second kappa shape index (κ2) is 5.89. The van der Waals surface area contributed by atoms with Crippen molar-refractivity contribution < 1.29 is 0 Å². The summed E-state index contributed by atoms with van der Waals surface area (Å²) < 4.78 is 0. The van der Waals surface area contributed by atoms with Gasteiger partial charge in [0, 0.05) is 31.1 Å². The lowest BCUT2D eigenvalue weighted by atomic mass is 9.54. The molecule has 2 atom stereocenters. The summed E-state index contributed by atoms with van der Waals surface area (Å²) in [6.45, 7) is 2.29. The summed E-state index contributed by atoms with van der Waals surface area (Å²) in [5.74, 6) is 4.95. The average Bonchev–Trinajstić information content (AvgIpc) is 3.33. The Morgan fingerprint density at radius 3 is 2.09 bits per heavy atom. The van der Waals surface area contributed by atoms with Gasteiger partial charge in [-0.2, -0.15) is 0 Å². The van der Waals surface area contributed by atoms with Gasteiger partial charge in [0.25, 0.3) is 0 Å². The van der Waals surface area contributed by atoms with E-state index in [4.69, 9.17) is 0 Å². The summed E-state index contributed by atoms with van der Waals surface area (Å²) in [6.07, 6.45) is 8.98. The van der Waals surface area contributed by atoms with Crippen LogP contribution < -0.4 is 10.6 Å². The Balaban J connectivity index is 1.06. The number of rotatable bonds is 6. The molecule has 0 aliphatic heterocycles. The molecule has 5 aliphatic carbocycles. The zero-order chi connectivity index (χ0) is 15.2. The molecule has 0 radical (unpaired) electrons. The van der Waals surface area contributed by atoms with Crippen LogP contribution >= 0.6 is 0 Å². The third-order valence-electron chi connectivity index (χ3n) is 7.16. The van der Waals surface area contributed by atoms with Crippen LogP contribution in [-0.4, -0.2) is 25.2 Å². The molecule has 5 aliphatic rings. The Hall–Kier alpha value is -0.860. The fourth-order valence-corrected chi connectivity index (χ4v) is 6.24. The first-order chi connectivity index (χ1) is 11.4. The van der Waals surface area contributed by atoms with Gasteiger partial charge in [-0.05, 0) is 67.8 Å². The Morgan fingerprint density at radius 2 is 1.39 bits per heavy atom. The van der Waals surface area contributed by atoms with E-state index in [1.807, 2.05) is 0 Å². The van der Waals surface area contributed by atoms with Gasteiger partial charge >= 0.3 is 0 Å². The first kappa shape index (κ1) is 14.5. The summed E-state index contributed by atoms with van der Waals surface area (Å²) in [5.41, 5.74) is 1.51. The van der Waals surface area contributed by atoms with Crippen molar-refractivity contribution >= 4 is 0 Å². The average molecular weight is 310 g/mol. The van der Waals surface area contributed by atoms with E-state index in [0.29, 0.717) is 0 Å². The minimum Gasteiger partial charge on any atom is -0.312 e. The molecule has 0 spiro atoms. The van der Waals surface area contributed by atoms with Crippen molar-refractivity contribution in [1.29, 1.82) is 0 Å². The predicted molar refractivity (Wildman–Crippen MR) is 94.4 cm³/mol. The molecule has 0 aromatic heterocycles. The molecule has 124 valence electrons. The summed E-state index contributed by atoms with van der Waals surface area (Å²) in [6, 6.07) is 12.6. The fraction of sp³-hybridized carbons (Fsp3) is 0.714. The highest BCUT2D eigenvalue weighted by Crippen LogP contribution is 2.53. The maximum Gasteiger partial charge on any atom is 0.0143 e. The summed E-state index contributed by atoms with van der Waals surface area (Å²) in [5, 5.41) is 7.71. The molecule has 5 fully saturated rings. The van der Waals surface area contributed by atoms with Crippen molar-refractivity contribution in [1.82, 2.24) is 10.6 Å². The molecular weight excluding hydrogens is 280 g/mol. The van der Waals surface area contributed by atoms with Gasteiger partial charge in [0.1, 0.15) is 0 Å². The van der Waals surface area contributed by atoms with Gasteiger partial charge in [-0.3, -0.25) is 0 Å². The Labute approximate surface area is 140 Å². The lowest BCUT2D eigenvalue weighted by Crippen LogP contribution is -2.55. The molecule has 0 saturated heterocycles. The van der Waals surface area contributed by atoms with Gasteiger partial charge in [-0.15, -0.1) is 0 Å². The zero-order valence-electron chi connectivity index (χ0n) is 14.1. The van der Waals surface area contributed by atoms with Crippen molar-refractivity contribution in [3.63, 3.8) is 0 Å². The van der Waals surface area contributed by atoms with E-state index in [1.165, 1.54) is 37.7 Å². The summed E-state index contributed by atoms with van der Waals surface area (Å²) in [4.78, 5) is 0. The first-order valence-electron chi connectivity index (χ1n) is 9.88. The molecule has 23 heavy (non-hydrogen) atoms. The molecule has 2 heteroatoms. The van der Waals surface area contributed by atoms with E-state index in [0.717, 1.165) is 54.8 Å². The van der Waals surface area contributed by atoms with Crippen LogP contribution in [0, 0.1) is 23.7 Å². The molecule has 2 N–H and O–H groups in total. The van der Waals surface area contributed by atoms with Gasteiger partial charge in [0.15, 0.2) is 0 Å². The van der Waals surface area contributed by atoms with Crippen LogP contribution in [0.15, 0.2) is 30.3 Å². The van der Waals surface area contributed by atoms with Crippen LogP contribution in [0.5, 0.6) is 0 Å². The fourth-order valence-electron chi connectivity index (χ4n) is 6.24. The smallest absolute Gasteiger partial charge is 0.0143 e. The molecule has 0 amide bonds. The largest absolute Gasteiger partial charge is 0.312 e. The number of hydrogen-bond acceptors (Lipinski definition) is 2. The SMILES string of the molecule is c1ccc([C@@H]2C[C@H]2NCCNC2C3CC4CC(C3)CC2C4)cc1. The van der Waals surface area contributed by atoms with Crippen LogP contribution in [0.25, 0.3) is 0 Å². The van der Waals surface area contributed by atoms with E-state index >= 15 is 0 Å². The minimum atomic E-state index is 0.720. The van der Waals surface area contributed by atoms with Crippen LogP contribution in [0.1, 0.15) is 50.0 Å². The third-order valence-corrected chi connectivity index (χ3v) is 7.16. The second-order valence-electron chi connectivity index (χ2n) is 8.72. The van der Waals surface area contributed by atoms with E-state index < -0.39 is 0 Å². The van der Waals surface area contributed by atoms with Crippen LogP contribution in [-0.2, 0) is 0 Å². The molecule has 2 nitrogen and oxygen atoms in total. The minimum absolute atomic E-state index is 0.720. The van der Waals surface area contributed by atoms with E-state index in [2.05, 4.69) is 41.0 Å². The van der Waals surface area contributed by atoms with Crippen molar-refractivity contribution in [3.8, 4) is 0 Å². The van der Waals surface area contributed by atoms with Crippen LogP contribution in [0.2, 0.25) is 0 Å². The number of nitrogens with one attached hydrogen (secondary N) is 2. The van der Waals surface area contributed by atoms with Gasteiger partial charge in [-0.25, -0.2) is 0 Å². The lowest BCUT2D eigenvalue weighted by Gasteiger charge is -2.54. The molecule has 4 bridgehead atoms. The van der Waals surface area contributed by atoms with Gasteiger partial charge in [0.05, 0.1) is 0 Å². The number of hydrogen-bond donors (Lipinski definition) is 2. The molecule has 1 aromatic rings. The molecule has 5 saturated carbocycles. The molecule has 0 unspecified atom stereocenters. The lowest BCUT2D eigenvalue weighted by molar-refractivity contribution is -0.0133. The van der Waals surface area contributed by atoms with Gasteiger partial charge in [-0.1, -0.05) is 30.3 Å². The van der Waals surface area contributed by atoms with Crippen molar-refractivity contribution in [3.05, 3.63) is 35.9 Å². The normalized spacial score (nSPS) is 43.7. The standard InChI is InChI=1S/C21H30N2/c1-2-4-16(5-3-1)19-13-20(19)22-6-7-23-21-17-9-14-8-15(11-17)12-18(21)10-14/h1-5,14-15,17-23H,6-13H2/t14?,15?,17?,18?,19-,20+,21?/m0/s1. The maximum absolute atomic E-state index is 3.94. The van der Waals surface area contributed by atoms with Gasteiger partial charge < -0.3 is 10.6 Å². The van der Waals surface area contributed by atoms with Crippen LogP contribution in [0.4, 0.5) is 0 Å².